The molecule has 0 N–H and O–H groups in total. The first-order valence-corrected chi connectivity index (χ1v) is 8.77. The molecule has 1 fully saturated rings. The van der Waals surface area contributed by atoms with E-state index in [9.17, 15) is 4.79 Å². The van der Waals surface area contributed by atoms with E-state index in [1.807, 2.05) is 62.4 Å². The van der Waals surface area contributed by atoms with Gasteiger partial charge >= 0.3 is 0 Å². The second-order valence-electron chi connectivity index (χ2n) is 5.93. The number of thioether (sulfide) groups is 1. The zero-order chi connectivity index (χ0) is 18.0. The van der Waals surface area contributed by atoms with Gasteiger partial charge in [0.1, 0.15) is 5.75 Å². The van der Waals surface area contributed by atoms with Crippen molar-refractivity contribution in [3.63, 3.8) is 0 Å². The number of aryl methyl sites for hydroxylation is 2. The van der Waals surface area contributed by atoms with E-state index in [1.165, 1.54) is 17.3 Å². The minimum atomic E-state index is -0.0360. The predicted octanol–water partition coefficient (Wildman–Crippen LogP) is 4.55. The summed E-state index contributed by atoms with van der Waals surface area (Å²) in [5, 5.41) is 0.686. The van der Waals surface area contributed by atoms with Gasteiger partial charge in [0.2, 0.25) is 0 Å². The molecule has 0 aromatic heterocycles. The zero-order valence-electron chi connectivity index (χ0n) is 14.7. The molecule has 4 nitrogen and oxygen atoms in total. The third-order valence-electron chi connectivity index (χ3n) is 4.03. The van der Waals surface area contributed by atoms with E-state index in [4.69, 9.17) is 4.74 Å². The number of likely N-dealkylation sites (N-methyl/N-ethyl adjacent to an activating group) is 1. The molecule has 25 heavy (non-hydrogen) atoms. The predicted molar refractivity (Wildman–Crippen MR) is 104 cm³/mol. The zero-order valence-corrected chi connectivity index (χ0v) is 15.6. The molecule has 1 aliphatic rings. The van der Waals surface area contributed by atoms with Crippen molar-refractivity contribution in [2.24, 2.45) is 4.99 Å². The second-order valence-corrected chi connectivity index (χ2v) is 6.94. The fraction of sp³-hybridized carbons (Fsp3) is 0.200. The third kappa shape index (κ3) is 3.77. The summed E-state index contributed by atoms with van der Waals surface area (Å²) in [5.74, 6) is 0.773. The molecule has 1 aliphatic heterocycles. The molecular formula is C20H20N2O2S. The van der Waals surface area contributed by atoms with Gasteiger partial charge in [-0.25, -0.2) is 4.99 Å². The summed E-state index contributed by atoms with van der Waals surface area (Å²) in [6.07, 6.45) is 1.91. The molecule has 0 unspecified atom stereocenters. The number of carbonyl (C=O) groups is 1. The summed E-state index contributed by atoms with van der Waals surface area (Å²) in [4.78, 5) is 19.4. The molecule has 1 saturated heterocycles. The van der Waals surface area contributed by atoms with E-state index < -0.39 is 0 Å². The summed E-state index contributed by atoms with van der Waals surface area (Å²) in [6, 6.07) is 13.8. The van der Waals surface area contributed by atoms with Crippen molar-refractivity contribution in [1.82, 2.24) is 4.90 Å². The summed E-state index contributed by atoms with van der Waals surface area (Å²) in [6.45, 7) is 4.04. The molecule has 0 aliphatic carbocycles. The minimum Gasteiger partial charge on any atom is -0.497 e. The normalized spacial score (nSPS) is 17.6. The molecule has 2 aromatic carbocycles. The van der Waals surface area contributed by atoms with Crippen LogP contribution < -0.4 is 4.74 Å². The Kier molecular flexibility index (Phi) is 4.95. The van der Waals surface area contributed by atoms with Crippen LogP contribution in [0, 0.1) is 13.8 Å². The molecule has 0 bridgehead atoms. The van der Waals surface area contributed by atoms with E-state index in [-0.39, 0.29) is 5.91 Å². The van der Waals surface area contributed by atoms with Gasteiger partial charge in [-0.3, -0.25) is 9.69 Å². The van der Waals surface area contributed by atoms with E-state index in [2.05, 4.69) is 4.99 Å². The summed E-state index contributed by atoms with van der Waals surface area (Å²) in [5.41, 5.74) is 4.09. The Balaban J connectivity index is 1.89. The maximum Gasteiger partial charge on any atom is 0.266 e. The van der Waals surface area contributed by atoms with Crippen LogP contribution in [0.1, 0.15) is 16.7 Å². The van der Waals surface area contributed by atoms with Crippen molar-refractivity contribution < 1.29 is 9.53 Å². The highest BCUT2D eigenvalue weighted by Gasteiger charge is 2.30. The number of nitrogens with zero attached hydrogens (tertiary/aromatic N) is 2. The number of amides is 1. The maximum atomic E-state index is 12.5. The summed E-state index contributed by atoms with van der Waals surface area (Å²) < 4.78 is 5.23. The van der Waals surface area contributed by atoms with Gasteiger partial charge in [0, 0.05) is 7.05 Å². The average molecular weight is 352 g/mol. The largest absolute Gasteiger partial charge is 0.497 e. The monoisotopic (exact) mass is 352 g/mol. The van der Waals surface area contributed by atoms with Crippen LogP contribution in [0.25, 0.3) is 6.08 Å². The lowest BCUT2D eigenvalue weighted by Gasteiger charge is -2.07. The first-order chi connectivity index (χ1) is 12.0. The fourth-order valence-corrected chi connectivity index (χ4v) is 3.44. The average Bonchev–Trinajstić information content (AvgIpc) is 2.86. The van der Waals surface area contributed by atoms with Crippen LogP contribution in [0.15, 0.2) is 52.4 Å². The molecular weight excluding hydrogens is 332 g/mol. The molecule has 3 rings (SSSR count). The Labute approximate surface area is 152 Å². The molecule has 0 saturated carbocycles. The Bertz CT molecular complexity index is 870. The van der Waals surface area contributed by atoms with Crippen molar-refractivity contribution in [3.8, 4) is 5.75 Å². The van der Waals surface area contributed by atoms with Gasteiger partial charge in [0.05, 0.1) is 17.7 Å². The first kappa shape index (κ1) is 17.3. The number of rotatable bonds is 3. The van der Waals surface area contributed by atoms with Crippen LogP contribution in [0.2, 0.25) is 0 Å². The Hall–Kier alpha value is -2.53. The topological polar surface area (TPSA) is 41.9 Å². The molecule has 1 amide bonds. The molecule has 0 radical (unpaired) electrons. The number of ether oxygens (including phenoxy) is 1. The van der Waals surface area contributed by atoms with Crippen molar-refractivity contribution in [3.05, 3.63) is 64.1 Å². The molecule has 0 spiro atoms. The first-order valence-electron chi connectivity index (χ1n) is 7.95. The number of carbonyl (C=O) groups excluding carboxylic acids is 1. The summed E-state index contributed by atoms with van der Waals surface area (Å²) in [7, 11) is 3.40. The highest BCUT2D eigenvalue weighted by Crippen LogP contribution is 2.34. The lowest BCUT2D eigenvalue weighted by atomic mass is 10.1. The van der Waals surface area contributed by atoms with Gasteiger partial charge in [-0.1, -0.05) is 23.8 Å². The van der Waals surface area contributed by atoms with E-state index in [0.717, 1.165) is 22.6 Å². The number of methoxy groups -OCH3 is 1. The van der Waals surface area contributed by atoms with Gasteiger partial charge in [-0.15, -0.1) is 0 Å². The number of amidine groups is 1. The van der Waals surface area contributed by atoms with Crippen LogP contribution in [0.3, 0.4) is 0 Å². The third-order valence-corrected chi connectivity index (χ3v) is 5.09. The van der Waals surface area contributed by atoms with Gasteiger partial charge in [-0.05, 0) is 67.1 Å². The Morgan fingerprint density at radius 2 is 1.84 bits per heavy atom. The van der Waals surface area contributed by atoms with Crippen LogP contribution in [0.5, 0.6) is 5.75 Å². The van der Waals surface area contributed by atoms with Crippen LogP contribution >= 0.6 is 11.8 Å². The fourth-order valence-electron chi connectivity index (χ4n) is 2.46. The molecule has 5 heteroatoms. The minimum absolute atomic E-state index is 0.0360. The van der Waals surface area contributed by atoms with Crippen molar-refractivity contribution in [2.75, 3.05) is 14.2 Å². The van der Waals surface area contributed by atoms with Gasteiger partial charge in [-0.2, -0.15) is 0 Å². The highest BCUT2D eigenvalue weighted by atomic mass is 32.2. The van der Waals surface area contributed by atoms with Crippen molar-refractivity contribution in [2.45, 2.75) is 13.8 Å². The van der Waals surface area contributed by atoms with Gasteiger partial charge < -0.3 is 4.74 Å². The van der Waals surface area contributed by atoms with Crippen LogP contribution in [-0.2, 0) is 4.79 Å². The van der Waals surface area contributed by atoms with Crippen LogP contribution in [0.4, 0.5) is 5.69 Å². The molecule has 128 valence electrons. The Morgan fingerprint density at radius 1 is 1.12 bits per heavy atom. The summed E-state index contributed by atoms with van der Waals surface area (Å²) >= 11 is 1.40. The number of hydrogen-bond donors (Lipinski definition) is 0. The van der Waals surface area contributed by atoms with Crippen LogP contribution in [-0.4, -0.2) is 30.1 Å². The lowest BCUT2D eigenvalue weighted by molar-refractivity contribution is -0.121. The standard InChI is InChI=1S/C20H20N2O2S/c1-13-5-8-16(9-6-13)21-20-22(3)19(23)18(25-20)12-15-7-10-17(24-4)11-14(15)2/h5-12H,1-4H3/b18-12+,21-20?. The quantitative estimate of drug-likeness (QED) is 0.761. The smallest absolute Gasteiger partial charge is 0.266 e. The number of hydrogen-bond acceptors (Lipinski definition) is 4. The molecule has 0 atom stereocenters. The van der Waals surface area contributed by atoms with E-state index in [0.29, 0.717) is 10.1 Å². The SMILES string of the molecule is COc1ccc(/C=C2/SC(=Nc3ccc(C)cc3)N(C)C2=O)c(C)c1. The van der Waals surface area contributed by atoms with E-state index in [1.54, 1.807) is 19.1 Å². The van der Waals surface area contributed by atoms with Gasteiger partial charge in [0.25, 0.3) is 5.91 Å². The lowest BCUT2D eigenvalue weighted by Crippen LogP contribution is -2.23. The van der Waals surface area contributed by atoms with Crippen molar-refractivity contribution in [1.29, 1.82) is 0 Å². The Morgan fingerprint density at radius 3 is 2.48 bits per heavy atom. The van der Waals surface area contributed by atoms with Gasteiger partial charge in [0.15, 0.2) is 5.17 Å². The molecule has 2 aromatic rings. The van der Waals surface area contributed by atoms with E-state index >= 15 is 0 Å². The maximum absolute atomic E-state index is 12.5. The second kappa shape index (κ2) is 7.15. The highest BCUT2D eigenvalue weighted by molar-refractivity contribution is 8.18. The molecule has 1 heterocycles. The number of benzene rings is 2. The number of aliphatic imine (C=N–C) groups is 1. The van der Waals surface area contributed by atoms with Crippen molar-refractivity contribution >= 4 is 34.6 Å².